The highest BCUT2D eigenvalue weighted by molar-refractivity contribution is 5.96. The lowest BCUT2D eigenvalue weighted by Crippen LogP contribution is -2.49. The van der Waals surface area contributed by atoms with Crippen molar-refractivity contribution in [3.8, 4) is 0 Å². The second-order valence-corrected chi connectivity index (χ2v) is 6.74. The highest BCUT2D eigenvalue weighted by Crippen LogP contribution is 2.27. The summed E-state index contributed by atoms with van der Waals surface area (Å²) in [5.41, 5.74) is 2.15. The van der Waals surface area contributed by atoms with Crippen LogP contribution < -0.4 is 5.32 Å². The molecule has 0 saturated carbocycles. The summed E-state index contributed by atoms with van der Waals surface area (Å²) in [6, 6.07) is 7.94. The van der Waals surface area contributed by atoms with Crippen molar-refractivity contribution in [2.24, 2.45) is 5.92 Å². The Hall–Kier alpha value is -1.88. The largest absolute Gasteiger partial charge is 0.349 e. The van der Waals surface area contributed by atoms with E-state index in [0.29, 0.717) is 0 Å². The predicted molar refractivity (Wildman–Crippen MR) is 90.2 cm³/mol. The lowest BCUT2D eigenvalue weighted by Gasteiger charge is -2.36. The first-order chi connectivity index (χ1) is 11.1. The molecule has 5 heteroatoms. The Balaban J connectivity index is 1.63. The molecule has 2 aliphatic rings. The summed E-state index contributed by atoms with van der Waals surface area (Å²) >= 11 is 0. The number of carbonyl (C=O) groups excluding carboxylic acids is 2. The van der Waals surface area contributed by atoms with E-state index in [1.54, 1.807) is 4.90 Å². The molecular formula is C18H25N3O2. The Kier molecular flexibility index (Phi) is 4.66. The third-order valence-electron chi connectivity index (χ3n) is 5.03. The van der Waals surface area contributed by atoms with E-state index in [1.807, 2.05) is 32.3 Å². The molecule has 2 aliphatic heterocycles. The Morgan fingerprint density at radius 3 is 2.57 bits per heavy atom. The number of piperidine rings is 1. The summed E-state index contributed by atoms with van der Waals surface area (Å²) in [5, 5.41) is 3.07. The number of nitrogens with one attached hydrogen (secondary N) is 1. The minimum absolute atomic E-state index is 0.0854. The normalized spacial score (nSPS) is 22.9. The molecular weight excluding hydrogens is 290 g/mol. The van der Waals surface area contributed by atoms with Crippen LogP contribution in [0.15, 0.2) is 24.3 Å². The summed E-state index contributed by atoms with van der Waals surface area (Å²) in [6.07, 6.45) is 3.44. The number of hydrogen-bond donors (Lipinski definition) is 1. The SMILES string of the molecule is CN(C)C(=O)C1CCN([C@@H]2CCc3ccccc3NC2=O)CC1. The van der Waals surface area contributed by atoms with Crippen molar-refractivity contribution in [1.29, 1.82) is 0 Å². The third-order valence-corrected chi connectivity index (χ3v) is 5.03. The molecule has 1 N–H and O–H groups in total. The molecule has 3 rings (SSSR count). The summed E-state index contributed by atoms with van der Waals surface area (Å²) in [4.78, 5) is 28.6. The Bertz CT molecular complexity index is 592. The number of nitrogens with zero attached hydrogens (tertiary/aromatic N) is 2. The summed E-state index contributed by atoms with van der Waals surface area (Å²) in [7, 11) is 3.62. The van der Waals surface area contributed by atoms with Crippen LogP contribution in [0.4, 0.5) is 5.69 Å². The lowest BCUT2D eigenvalue weighted by molar-refractivity contribution is -0.134. The van der Waals surface area contributed by atoms with E-state index in [9.17, 15) is 9.59 Å². The van der Waals surface area contributed by atoms with Crippen LogP contribution in [0.2, 0.25) is 0 Å². The van der Waals surface area contributed by atoms with Gasteiger partial charge in [0.2, 0.25) is 11.8 Å². The van der Waals surface area contributed by atoms with Crippen LogP contribution >= 0.6 is 0 Å². The molecule has 0 spiro atoms. The number of aryl methyl sites for hydroxylation is 1. The van der Waals surface area contributed by atoms with Gasteiger partial charge >= 0.3 is 0 Å². The molecule has 1 fully saturated rings. The first-order valence-corrected chi connectivity index (χ1v) is 8.40. The number of fused-ring (bicyclic) bond motifs is 1. The number of hydrogen-bond acceptors (Lipinski definition) is 3. The molecule has 0 bridgehead atoms. The van der Waals surface area contributed by atoms with Crippen LogP contribution in [0.25, 0.3) is 0 Å². The van der Waals surface area contributed by atoms with Crippen LogP contribution in [0.3, 0.4) is 0 Å². The number of carbonyl (C=O) groups is 2. The zero-order valence-electron chi connectivity index (χ0n) is 13.9. The van der Waals surface area contributed by atoms with Gasteiger partial charge in [0.25, 0.3) is 0 Å². The maximum absolute atomic E-state index is 12.6. The van der Waals surface area contributed by atoms with Gasteiger partial charge in [0.15, 0.2) is 0 Å². The highest BCUT2D eigenvalue weighted by atomic mass is 16.2. The first-order valence-electron chi connectivity index (χ1n) is 8.40. The fourth-order valence-corrected chi connectivity index (χ4v) is 3.67. The van der Waals surface area contributed by atoms with Crippen LogP contribution in [-0.4, -0.2) is 54.8 Å². The molecule has 2 amide bonds. The van der Waals surface area contributed by atoms with Crippen molar-refractivity contribution in [3.63, 3.8) is 0 Å². The number of anilines is 1. The Morgan fingerprint density at radius 2 is 1.87 bits per heavy atom. The monoisotopic (exact) mass is 315 g/mol. The molecule has 0 aromatic heterocycles. The fraction of sp³-hybridized carbons (Fsp3) is 0.556. The standard InChI is InChI=1S/C18H25N3O2/c1-20(2)18(23)14-9-11-21(12-10-14)16-8-7-13-5-3-4-6-15(13)19-17(16)22/h3-6,14,16H,7-12H2,1-2H3,(H,19,22)/t16-/m1/s1. The summed E-state index contributed by atoms with van der Waals surface area (Å²) in [5.74, 6) is 0.405. The molecule has 1 aromatic carbocycles. The summed E-state index contributed by atoms with van der Waals surface area (Å²) < 4.78 is 0. The van der Waals surface area contributed by atoms with E-state index in [4.69, 9.17) is 0 Å². The van der Waals surface area contributed by atoms with Gasteiger partial charge in [-0.15, -0.1) is 0 Å². The minimum atomic E-state index is -0.0854. The molecule has 1 saturated heterocycles. The molecule has 124 valence electrons. The number of likely N-dealkylation sites (tertiary alicyclic amines) is 1. The van der Waals surface area contributed by atoms with Crippen LogP contribution in [0.1, 0.15) is 24.8 Å². The molecule has 23 heavy (non-hydrogen) atoms. The van der Waals surface area contributed by atoms with Gasteiger partial charge in [-0.3, -0.25) is 14.5 Å². The first kappa shape index (κ1) is 16.0. The van der Waals surface area contributed by atoms with Gasteiger partial charge in [0, 0.05) is 25.7 Å². The van der Waals surface area contributed by atoms with E-state index in [1.165, 1.54) is 5.56 Å². The van der Waals surface area contributed by atoms with Crippen LogP contribution in [0.5, 0.6) is 0 Å². The van der Waals surface area contributed by atoms with Crippen molar-refractivity contribution < 1.29 is 9.59 Å². The van der Waals surface area contributed by atoms with E-state index < -0.39 is 0 Å². The zero-order chi connectivity index (χ0) is 16.4. The van der Waals surface area contributed by atoms with Gasteiger partial charge in [-0.05, 0) is 50.4 Å². The average Bonchev–Trinajstić information content (AvgIpc) is 2.72. The molecule has 0 radical (unpaired) electrons. The second-order valence-electron chi connectivity index (χ2n) is 6.74. The second kappa shape index (κ2) is 6.71. The lowest BCUT2D eigenvalue weighted by atomic mass is 9.93. The van der Waals surface area contributed by atoms with Crippen molar-refractivity contribution in [1.82, 2.24) is 9.80 Å². The Labute approximate surface area is 137 Å². The molecule has 0 unspecified atom stereocenters. The van der Waals surface area contributed by atoms with Crippen molar-refractivity contribution in [3.05, 3.63) is 29.8 Å². The van der Waals surface area contributed by atoms with E-state index in [0.717, 1.165) is 44.5 Å². The highest BCUT2D eigenvalue weighted by Gasteiger charge is 2.33. The third kappa shape index (κ3) is 3.39. The maximum Gasteiger partial charge on any atom is 0.241 e. The molecule has 0 aliphatic carbocycles. The zero-order valence-corrected chi connectivity index (χ0v) is 13.9. The smallest absolute Gasteiger partial charge is 0.241 e. The van der Waals surface area contributed by atoms with Gasteiger partial charge < -0.3 is 10.2 Å². The quantitative estimate of drug-likeness (QED) is 0.904. The number of benzene rings is 1. The van der Waals surface area contributed by atoms with Gasteiger partial charge in [0.1, 0.15) is 0 Å². The topological polar surface area (TPSA) is 52.7 Å². The van der Waals surface area contributed by atoms with Crippen LogP contribution in [0, 0.1) is 5.92 Å². The molecule has 1 aromatic rings. The Morgan fingerprint density at radius 1 is 1.17 bits per heavy atom. The van der Waals surface area contributed by atoms with Crippen molar-refractivity contribution in [2.75, 3.05) is 32.5 Å². The van der Waals surface area contributed by atoms with Gasteiger partial charge in [-0.25, -0.2) is 0 Å². The van der Waals surface area contributed by atoms with Gasteiger partial charge in [-0.1, -0.05) is 18.2 Å². The molecule has 5 nitrogen and oxygen atoms in total. The van der Waals surface area contributed by atoms with E-state index >= 15 is 0 Å². The average molecular weight is 315 g/mol. The van der Waals surface area contributed by atoms with Crippen molar-refractivity contribution >= 4 is 17.5 Å². The van der Waals surface area contributed by atoms with E-state index in [2.05, 4.69) is 16.3 Å². The van der Waals surface area contributed by atoms with Crippen LogP contribution in [-0.2, 0) is 16.0 Å². The van der Waals surface area contributed by atoms with Gasteiger partial charge in [-0.2, -0.15) is 0 Å². The maximum atomic E-state index is 12.6. The number of para-hydroxylation sites is 1. The van der Waals surface area contributed by atoms with Crippen molar-refractivity contribution in [2.45, 2.75) is 31.7 Å². The van der Waals surface area contributed by atoms with E-state index in [-0.39, 0.29) is 23.8 Å². The summed E-state index contributed by atoms with van der Waals surface area (Å²) in [6.45, 7) is 1.64. The molecule has 1 atom stereocenters. The number of amides is 2. The van der Waals surface area contributed by atoms with Gasteiger partial charge in [0.05, 0.1) is 6.04 Å². The molecule has 2 heterocycles. The minimum Gasteiger partial charge on any atom is -0.349 e. The predicted octanol–water partition coefficient (Wildman–Crippen LogP) is 1.74. The fourth-order valence-electron chi connectivity index (χ4n) is 3.67. The number of rotatable bonds is 2.